The average Bonchev–Trinajstić information content (AvgIpc) is 2.95. The van der Waals surface area contributed by atoms with Crippen LogP contribution in [-0.2, 0) is 17.8 Å². The summed E-state index contributed by atoms with van der Waals surface area (Å²) in [6.07, 6.45) is 4.59. The Kier molecular flexibility index (Phi) is 3.79. The molecule has 1 saturated carbocycles. The largest absolute Gasteiger partial charge is 0.374 e. The van der Waals surface area contributed by atoms with Crippen molar-refractivity contribution in [3.05, 3.63) is 11.9 Å². The highest BCUT2D eigenvalue weighted by Gasteiger charge is 2.20. The normalized spacial score (nSPS) is 16.4. The summed E-state index contributed by atoms with van der Waals surface area (Å²) >= 11 is 0. The van der Waals surface area contributed by atoms with Crippen molar-refractivity contribution < 1.29 is 4.74 Å². The van der Waals surface area contributed by atoms with E-state index in [1.165, 1.54) is 12.8 Å². The molecular formula is C12H22N4O. The van der Waals surface area contributed by atoms with Crippen LogP contribution in [-0.4, -0.2) is 33.2 Å². The van der Waals surface area contributed by atoms with Crippen LogP contribution in [0.3, 0.4) is 0 Å². The number of hydrogen-bond donors (Lipinski definition) is 1. The highest BCUT2D eigenvalue weighted by molar-refractivity contribution is 4.94. The van der Waals surface area contributed by atoms with Crippen molar-refractivity contribution in [3.63, 3.8) is 0 Å². The van der Waals surface area contributed by atoms with Gasteiger partial charge in [0.05, 0.1) is 24.4 Å². The molecule has 1 N–H and O–H groups in total. The molecule has 1 aromatic heterocycles. The zero-order valence-corrected chi connectivity index (χ0v) is 10.9. The molecule has 0 atom stereocenters. The molecule has 0 saturated heterocycles. The molecule has 0 radical (unpaired) electrons. The molecule has 0 aliphatic heterocycles. The molecule has 1 heterocycles. The fourth-order valence-corrected chi connectivity index (χ4v) is 1.51. The Bertz CT molecular complexity index is 352. The zero-order chi connectivity index (χ0) is 12.3. The van der Waals surface area contributed by atoms with Gasteiger partial charge < -0.3 is 10.1 Å². The van der Waals surface area contributed by atoms with Crippen LogP contribution in [0.4, 0.5) is 0 Å². The third kappa shape index (κ3) is 4.83. The maximum Gasteiger partial charge on any atom is 0.0964 e. The quantitative estimate of drug-likeness (QED) is 0.812. The molecule has 17 heavy (non-hydrogen) atoms. The van der Waals surface area contributed by atoms with Gasteiger partial charge in [0.2, 0.25) is 0 Å². The molecule has 1 fully saturated rings. The van der Waals surface area contributed by atoms with Crippen LogP contribution in [0.25, 0.3) is 0 Å². The first-order chi connectivity index (χ1) is 8.03. The zero-order valence-electron chi connectivity index (χ0n) is 10.9. The summed E-state index contributed by atoms with van der Waals surface area (Å²) < 4.78 is 7.49. The summed E-state index contributed by atoms with van der Waals surface area (Å²) in [6, 6.07) is 0.712. The molecule has 0 bridgehead atoms. The standard InChI is InChI=1S/C12H22N4O/c1-12(2,3)17-7-6-16-9-11(14-15-16)8-13-10-4-5-10/h9-10,13H,4-8H2,1-3H3. The van der Waals surface area contributed by atoms with Gasteiger partial charge in [0.15, 0.2) is 0 Å². The van der Waals surface area contributed by atoms with E-state index in [2.05, 4.69) is 36.4 Å². The molecule has 5 nitrogen and oxygen atoms in total. The molecule has 5 heteroatoms. The highest BCUT2D eigenvalue weighted by atomic mass is 16.5. The van der Waals surface area contributed by atoms with E-state index in [1.807, 2.05) is 10.9 Å². The number of nitrogens with one attached hydrogen (secondary N) is 1. The Morgan fingerprint density at radius 3 is 2.88 bits per heavy atom. The summed E-state index contributed by atoms with van der Waals surface area (Å²) in [4.78, 5) is 0. The van der Waals surface area contributed by atoms with Gasteiger partial charge in [-0.1, -0.05) is 5.21 Å². The monoisotopic (exact) mass is 238 g/mol. The van der Waals surface area contributed by atoms with E-state index in [9.17, 15) is 0 Å². The topological polar surface area (TPSA) is 52.0 Å². The minimum atomic E-state index is -0.0864. The fourth-order valence-electron chi connectivity index (χ4n) is 1.51. The molecular weight excluding hydrogens is 216 g/mol. The predicted molar refractivity (Wildman–Crippen MR) is 65.6 cm³/mol. The van der Waals surface area contributed by atoms with Gasteiger partial charge in [-0.15, -0.1) is 5.10 Å². The molecule has 2 rings (SSSR count). The Morgan fingerprint density at radius 2 is 2.24 bits per heavy atom. The smallest absolute Gasteiger partial charge is 0.0964 e. The Hall–Kier alpha value is -0.940. The van der Waals surface area contributed by atoms with Gasteiger partial charge in [0.1, 0.15) is 0 Å². The average molecular weight is 238 g/mol. The Balaban J connectivity index is 1.69. The SMILES string of the molecule is CC(C)(C)OCCn1cc(CNC2CC2)nn1. The second kappa shape index (κ2) is 5.14. The first-order valence-corrected chi connectivity index (χ1v) is 6.29. The van der Waals surface area contributed by atoms with Gasteiger partial charge in [-0.3, -0.25) is 0 Å². The van der Waals surface area contributed by atoms with Crippen molar-refractivity contribution in [2.75, 3.05) is 6.61 Å². The maximum atomic E-state index is 5.65. The molecule has 0 unspecified atom stereocenters. The van der Waals surface area contributed by atoms with E-state index in [-0.39, 0.29) is 5.60 Å². The fraction of sp³-hybridized carbons (Fsp3) is 0.833. The third-order valence-electron chi connectivity index (χ3n) is 2.59. The lowest BCUT2D eigenvalue weighted by molar-refractivity contribution is -0.00805. The summed E-state index contributed by atoms with van der Waals surface area (Å²) in [7, 11) is 0. The minimum Gasteiger partial charge on any atom is -0.374 e. The van der Waals surface area contributed by atoms with E-state index in [0.29, 0.717) is 12.6 Å². The van der Waals surface area contributed by atoms with Crippen molar-refractivity contribution in [1.82, 2.24) is 20.3 Å². The minimum absolute atomic E-state index is 0.0864. The molecule has 1 aliphatic rings. The molecule has 1 aliphatic carbocycles. The van der Waals surface area contributed by atoms with Gasteiger partial charge in [0, 0.05) is 18.8 Å². The number of ether oxygens (including phenoxy) is 1. The highest BCUT2D eigenvalue weighted by Crippen LogP contribution is 2.18. The number of nitrogens with zero attached hydrogens (tertiary/aromatic N) is 3. The third-order valence-corrected chi connectivity index (χ3v) is 2.59. The van der Waals surface area contributed by atoms with Gasteiger partial charge in [0.25, 0.3) is 0 Å². The second-order valence-corrected chi connectivity index (χ2v) is 5.59. The van der Waals surface area contributed by atoms with Gasteiger partial charge in [-0.25, -0.2) is 4.68 Å². The Labute approximate surface area is 103 Å². The van der Waals surface area contributed by atoms with E-state index < -0.39 is 0 Å². The van der Waals surface area contributed by atoms with Crippen molar-refractivity contribution in [2.45, 2.75) is 58.3 Å². The van der Waals surface area contributed by atoms with Gasteiger partial charge >= 0.3 is 0 Å². The molecule has 0 amide bonds. The molecule has 1 aromatic rings. The summed E-state index contributed by atoms with van der Waals surface area (Å²) in [5.41, 5.74) is 0.921. The number of aromatic nitrogens is 3. The number of rotatable bonds is 6. The van der Waals surface area contributed by atoms with Gasteiger partial charge in [-0.05, 0) is 33.6 Å². The number of hydrogen-bond acceptors (Lipinski definition) is 4. The second-order valence-electron chi connectivity index (χ2n) is 5.59. The van der Waals surface area contributed by atoms with Crippen LogP contribution in [0.5, 0.6) is 0 Å². The van der Waals surface area contributed by atoms with E-state index in [1.54, 1.807) is 0 Å². The molecule has 0 aromatic carbocycles. The van der Waals surface area contributed by atoms with Crippen LogP contribution in [0.1, 0.15) is 39.3 Å². The molecule has 96 valence electrons. The van der Waals surface area contributed by atoms with Crippen molar-refractivity contribution in [1.29, 1.82) is 0 Å². The van der Waals surface area contributed by atoms with Crippen LogP contribution < -0.4 is 5.32 Å². The first kappa shape index (κ1) is 12.5. The summed E-state index contributed by atoms with van der Waals surface area (Å²) in [5, 5.41) is 11.6. The summed E-state index contributed by atoms with van der Waals surface area (Å²) in [6.45, 7) is 8.42. The van der Waals surface area contributed by atoms with Crippen LogP contribution >= 0.6 is 0 Å². The lowest BCUT2D eigenvalue weighted by atomic mass is 10.2. The van der Waals surface area contributed by atoms with Crippen LogP contribution in [0.2, 0.25) is 0 Å². The van der Waals surface area contributed by atoms with E-state index >= 15 is 0 Å². The van der Waals surface area contributed by atoms with E-state index in [0.717, 1.165) is 18.8 Å². The lowest BCUT2D eigenvalue weighted by Gasteiger charge is -2.19. The first-order valence-electron chi connectivity index (χ1n) is 6.29. The van der Waals surface area contributed by atoms with Crippen molar-refractivity contribution in [3.8, 4) is 0 Å². The van der Waals surface area contributed by atoms with Gasteiger partial charge in [-0.2, -0.15) is 0 Å². The predicted octanol–water partition coefficient (Wildman–Crippen LogP) is 1.35. The van der Waals surface area contributed by atoms with Crippen molar-refractivity contribution in [2.24, 2.45) is 0 Å². The van der Waals surface area contributed by atoms with Crippen LogP contribution in [0.15, 0.2) is 6.20 Å². The lowest BCUT2D eigenvalue weighted by Crippen LogP contribution is -2.22. The van der Waals surface area contributed by atoms with Crippen molar-refractivity contribution >= 4 is 0 Å². The maximum absolute atomic E-state index is 5.65. The van der Waals surface area contributed by atoms with Crippen LogP contribution in [0, 0.1) is 0 Å². The Morgan fingerprint density at radius 1 is 1.47 bits per heavy atom. The van der Waals surface area contributed by atoms with E-state index in [4.69, 9.17) is 4.74 Å². The molecule has 0 spiro atoms. The summed E-state index contributed by atoms with van der Waals surface area (Å²) in [5.74, 6) is 0.